The van der Waals surface area contributed by atoms with Crippen LogP contribution in [-0.2, 0) is 16.8 Å². The van der Waals surface area contributed by atoms with Crippen LogP contribution in [0.3, 0.4) is 0 Å². The zero-order valence-corrected chi connectivity index (χ0v) is 15.6. The molecule has 3 rings (SSSR count). The van der Waals surface area contributed by atoms with E-state index in [1.54, 1.807) is 6.21 Å². The van der Waals surface area contributed by atoms with Gasteiger partial charge in [-0.15, -0.1) is 10.2 Å². The molecule has 0 saturated heterocycles. The average molecular weight is 362 g/mol. The molecule has 138 valence electrons. The van der Waals surface area contributed by atoms with Crippen LogP contribution in [0, 0.1) is 0 Å². The summed E-state index contributed by atoms with van der Waals surface area (Å²) in [5.74, 6) is 0.153. The molecule has 7 heteroatoms. The summed E-state index contributed by atoms with van der Waals surface area (Å²) in [4.78, 5) is 13.2. The van der Waals surface area contributed by atoms with E-state index in [1.807, 2.05) is 42.5 Å². The number of nitrogens with one attached hydrogen (secondary N) is 1. The largest absolute Gasteiger partial charge is 0.271 e. The van der Waals surface area contributed by atoms with Crippen LogP contribution >= 0.6 is 0 Å². The van der Waals surface area contributed by atoms with Gasteiger partial charge in [-0.2, -0.15) is 9.90 Å². The van der Waals surface area contributed by atoms with E-state index in [2.05, 4.69) is 58.8 Å². The van der Waals surface area contributed by atoms with Crippen LogP contribution < -0.4 is 5.43 Å². The lowest BCUT2D eigenvalue weighted by molar-refractivity contribution is -0.122. The van der Waals surface area contributed by atoms with Gasteiger partial charge in [-0.3, -0.25) is 4.79 Å². The van der Waals surface area contributed by atoms with Crippen molar-refractivity contribution >= 4 is 12.1 Å². The zero-order chi connectivity index (χ0) is 19.3. The summed E-state index contributed by atoms with van der Waals surface area (Å²) in [5, 5.41) is 16.0. The Kier molecular flexibility index (Phi) is 5.40. The van der Waals surface area contributed by atoms with Crippen LogP contribution in [0.25, 0.3) is 11.4 Å². The maximum absolute atomic E-state index is 12.0. The predicted molar refractivity (Wildman–Crippen MR) is 104 cm³/mol. The van der Waals surface area contributed by atoms with Crippen molar-refractivity contribution in [2.75, 3.05) is 0 Å². The summed E-state index contributed by atoms with van der Waals surface area (Å²) in [5.41, 5.74) is 5.58. The van der Waals surface area contributed by atoms with E-state index < -0.39 is 0 Å². The van der Waals surface area contributed by atoms with Crippen LogP contribution in [0.4, 0.5) is 0 Å². The highest BCUT2D eigenvalue weighted by atomic mass is 16.2. The third kappa shape index (κ3) is 5.07. The molecule has 0 radical (unpaired) electrons. The Balaban J connectivity index is 1.54. The summed E-state index contributed by atoms with van der Waals surface area (Å²) in [6, 6.07) is 17.5. The van der Waals surface area contributed by atoms with Crippen LogP contribution in [0.2, 0.25) is 0 Å². The van der Waals surface area contributed by atoms with Crippen molar-refractivity contribution in [2.24, 2.45) is 5.10 Å². The van der Waals surface area contributed by atoms with Gasteiger partial charge >= 0.3 is 0 Å². The number of aromatic nitrogens is 4. The third-order valence-corrected chi connectivity index (χ3v) is 3.95. The number of rotatable bonds is 5. The summed E-state index contributed by atoms with van der Waals surface area (Å²) in [6.07, 6.45) is 1.61. The molecule has 7 nitrogen and oxygen atoms in total. The van der Waals surface area contributed by atoms with E-state index >= 15 is 0 Å². The van der Waals surface area contributed by atoms with Crippen molar-refractivity contribution < 1.29 is 4.79 Å². The quantitative estimate of drug-likeness (QED) is 0.559. The molecule has 1 amide bonds. The van der Waals surface area contributed by atoms with Gasteiger partial charge in [0, 0.05) is 5.56 Å². The van der Waals surface area contributed by atoms with Gasteiger partial charge in [0.05, 0.1) is 6.21 Å². The first-order chi connectivity index (χ1) is 12.9. The lowest BCUT2D eigenvalue weighted by Gasteiger charge is -2.18. The SMILES string of the molecule is CC(C)(C)c1ccc(/C=N\NC(=O)Cn2nnc(-c3ccccc3)n2)cc1. The number of hydrogen-bond acceptors (Lipinski definition) is 5. The second-order valence-corrected chi connectivity index (χ2v) is 7.17. The Hall–Kier alpha value is -3.35. The molecule has 27 heavy (non-hydrogen) atoms. The number of hydrazone groups is 1. The summed E-state index contributed by atoms with van der Waals surface area (Å²) in [7, 11) is 0. The van der Waals surface area contributed by atoms with Crippen molar-refractivity contribution in [2.45, 2.75) is 32.7 Å². The molecule has 1 aromatic heterocycles. The molecule has 0 bridgehead atoms. The van der Waals surface area contributed by atoms with Crippen molar-refractivity contribution in [1.29, 1.82) is 0 Å². The van der Waals surface area contributed by atoms with E-state index in [1.165, 1.54) is 10.4 Å². The lowest BCUT2D eigenvalue weighted by Crippen LogP contribution is -2.24. The molecule has 0 aliphatic carbocycles. The molecule has 0 aliphatic heterocycles. The fourth-order valence-electron chi connectivity index (χ4n) is 2.42. The number of amides is 1. The molecule has 3 aromatic rings. The minimum atomic E-state index is -0.324. The highest BCUT2D eigenvalue weighted by Gasteiger charge is 2.12. The van der Waals surface area contributed by atoms with E-state index in [-0.39, 0.29) is 17.9 Å². The van der Waals surface area contributed by atoms with Gasteiger partial charge in [-0.1, -0.05) is 75.4 Å². The molecule has 1 N–H and O–H groups in total. The number of carbonyl (C=O) groups is 1. The van der Waals surface area contributed by atoms with Crippen LogP contribution in [0.15, 0.2) is 59.7 Å². The molecular weight excluding hydrogens is 340 g/mol. The van der Waals surface area contributed by atoms with Crippen molar-refractivity contribution in [3.05, 3.63) is 65.7 Å². The molecule has 1 heterocycles. The molecule has 0 saturated carbocycles. The summed E-state index contributed by atoms with van der Waals surface area (Å²) in [6.45, 7) is 6.44. The second-order valence-electron chi connectivity index (χ2n) is 7.17. The highest BCUT2D eigenvalue weighted by molar-refractivity contribution is 5.82. The first-order valence-electron chi connectivity index (χ1n) is 8.67. The van der Waals surface area contributed by atoms with Crippen LogP contribution in [0.1, 0.15) is 31.9 Å². The fraction of sp³-hybridized carbons (Fsp3) is 0.250. The Morgan fingerprint density at radius 3 is 2.48 bits per heavy atom. The minimum Gasteiger partial charge on any atom is -0.271 e. The van der Waals surface area contributed by atoms with Crippen LogP contribution in [-0.4, -0.2) is 32.3 Å². The minimum absolute atomic E-state index is 0.0554. The standard InChI is InChI=1S/C20H22N6O/c1-20(2,3)17-11-9-15(10-12-17)13-21-22-18(27)14-26-24-19(23-25-26)16-7-5-4-6-8-16/h4-13H,14H2,1-3H3,(H,22,27)/b21-13-. The van der Waals surface area contributed by atoms with Gasteiger partial charge in [-0.25, -0.2) is 5.43 Å². The van der Waals surface area contributed by atoms with Crippen molar-refractivity contribution in [3.63, 3.8) is 0 Å². The van der Waals surface area contributed by atoms with Crippen molar-refractivity contribution in [3.8, 4) is 11.4 Å². The highest BCUT2D eigenvalue weighted by Crippen LogP contribution is 2.21. The van der Waals surface area contributed by atoms with Crippen molar-refractivity contribution in [1.82, 2.24) is 25.6 Å². The van der Waals surface area contributed by atoms with E-state index in [4.69, 9.17) is 0 Å². The monoisotopic (exact) mass is 362 g/mol. The molecule has 0 fully saturated rings. The first-order valence-corrected chi connectivity index (χ1v) is 8.67. The van der Waals surface area contributed by atoms with E-state index in [0.29, 0.717) is 5.82 Å². The number of nitrogens with zero attached hydrogens (tertiary/aromatic N) is 5. The predicted octanol–water partition coefficient (Wildman–Crippen LogP) is 2.79. The molecule has 0 spiro atoms. The molecular formula is C20H22N6O. The second kappa shape index (κ2) is 7.90. The normalized spacial score (nSPS) is 11.7. The molecule has 0 aliphatic rings. The van der Waals surface area contributed by atoms with E-state index in [0.717, 1.165) is 11.1 Å². The Morgan fingerprint density at radius 2 is 1.81 bits per heavy atom. The Morgan fingerprint density at radius 1 is 1.11 bits per heavy atom. The number of hydrogen-bond donors (Lipinski definition) is 1. The maximum atomic E-state index is 12.0. The van der Waals surface area contributed by atoms with Gasteiger partial charge in [-0.05, 0) is 21.8 Å². The van der Waals surface area contributed by atoms with Gasteiger partial charge in [0.25, 0.3) is 5.91 Å². The van der Waals surface area contributed by atoms with Gasteiger partial charge < -0.3 is 0 Å². The third-order valence-electron chi connectivity index (χ3n) is 3.95. The number of benzene rings is 2. The molecule has 2 aromatic carbocycles. The first kappa shape index (κ1) is 18.4. The van der Waals surface area contributed by atoms with E-state index in [9.17, 15) is 4.79 Å². The number of carbonyl (C=O) groups excluding carboxylic acids is 1. The lowest BCUT2D eigenvalue weighted by atomic mass is 9.87. The molecule has 0 unspecified atom stereocenters. The molecule has 0 atom stereocenters. The maximum Gasteiger partial charge on any atom is 0.263 e. The fourth-order valence-corrected chi connectivity index (χ4v) is 2.42. The summed E-state index contributed by atoms with van der Waals surface area (Å²) >= 11 is 0. The number of tetrazole rings is 1. The topological polar surface area (TPSA) is 85.1 Å². The van der Waals surface area contributed by atoms with Gasteiger partial charge in [0.1, 0.15) is 6.54 Å². The van der Waals surface area contributed by atoms with Gasteiger partial charge in [0.15, 0.2) is 0 Å². The van der Waals surface area contributed by atoms with Crippen LogP contribution in [0.5, 0.6) is 0 Å². The van der Waals surface area contributed by atoms with Gasteiger partial charge in [0.2, 0.25) is 5.82 Å². The summed E-state index contributed by atoms with van der Waals surface area (Å²) < 4.78 is 0. The Labute approximate surface area is 158 Å². The average Bonchev–Trinajstić information content (AvgIpc) is 3.10. The smallest absolute Gasteiger partial charge is 0.263 e. The Bertz CT molecular complexity index is 923. The zero-order valence-electron chi connectivity index (χ0n) is 15.6.